The predicted octanol–water partition coefficient (Wildman–Crippen LogP) is 5.42. The van der Waals surface area contributed by atoms with Crippen molar-refractivity contribution in [2.75, 3.05) is 41.8 Å². The van der Waals surface area contributed by atoms with E-state index in [9.17, 15) is 28.8 Å². The number of carbonyl (C=O) groups excluding carboxylic acids is 6. The van der Waals surface area contributed by atoms with Crippen LogP contribution in [0.1, 0.15) is 119 Å². The molecule has 0 bridgehead atoms. The molecule has 326 valence electrons. The molecule has 13 nitrogen and oxygen atoms in total. The second-order valence-corrected chi connectivity index (χ2v) is 18.5. The van der Waals surface area contributed by atoms with Crippen LogP contribution in [0.25, 0.3) is 0 Å². The van der Waals surface area contributed by atoms with Gasteiger partial charge in [0.15, 0.2) is 0 Å². The van der Waals surface area contributed by atoms with Crippen molar-refractivity contribution in [1.82, 2.24) is 34.4 Å². The van der Waals surface area contributed by atoms with Crippen LogP contribution in [0.2, 0.25) is 0 Å². The Balaban J connectivity index is 2.34. The number of carbonyl (C=O) groups is 6. The normalized spacial score (nSPS) is 17.3. The lowest BCUT2D eigenvalue weighted by Gasteiger charge is -2.42. The van der Waals surface area contributed by atoms with Gasteiger partial charge in [-0.25, -0.2) is 4.98 Å². The van der Waals surface area contributed by atoms with Gasteiger partial charge >= 0.3 is 0 Å². The van der Waals surface area contributed by atoms with Crippen LogP contribution in [-0.4, -0.2) is 142 Å². The molecule has 1 aromatic rings. The lowest BCUT2D eigenvalue weighted by Crippen LogP contribution is -2.62. The first kappa shape index (κ1) is 50.2. The fourth-order valence-corrected chi connectivity index (χ4v) is 9.21. The number of aromatic nitrogens is 1. The second kappa shape index (κ2) is 22.4. The number of unbranched alkanes of at least 4 members (excludes halogenated alkanes) is 2. The van der Waals surface area contributed by atoms with Crippen molar-refractivity contribution in [3.8, 4) is 12.3 Å². The summed E-state index contributed by atoms with van der Waals surface area (Å²) in [5, 5.41) is 2.78. The molecular formula is C44H73N7O6S. The van der Waals surface area contributed by atoms with Crippen molar-refractivity contribution in [2.45, 2.75) is 144 Å². The summed E-state index contributed by atoms with van der Waals surface area (Å²) >= 11 is 1.52. The topological polar surface area (TPSA) is 135 Å². The maximum absolute atomic E-state index is 14.6. The zero-order chi connectivity index (χ0) is 44.3. The van der Waals surface area contributed by atoms with Crippen LogP contribution < -0.4 is 0 Å². The maximum atomic E-state index is 14.6. The van der Waals surface area contributed by atoms with Crippen LogP contribution in [0.3, 0.4) is 0 Å². The summed E-state index contributed by atoms with van der Waals surface area (Å²) in [4.78, 5) is 98.6. The lowest BCUT2D eigenvalue weighted by atomic mass is 9.93. The molecule has 1 aliphatic rings. The molecule has 0 N–H and O–H groups in total. The second-order valence-electron chi connectivity index (χ2n) is 17.6. The van der Waals surface area contributed by atoms with Gasteiger partial charge in [-0.1, -0.05) is 68.7 Å². The van der Waals surface area contributed by atoms with E-state index in [2.05, 4.69) is 10.9 Å². The third kappa shape index (κ3) is 11.8. The molecule has 0 radical (unpaired) electrons. The van der Waals surface area contributed by atoms with E-state index < -0.39 is 47.9 Å². The van der Waals surface area contributed by atoms with Gasteiger partial charge < -0.3 is 29.4 Å². The summed E-state index contributed by atoms with van der Waals surface area (Å²) in [5.41, 5.74) is 0. The van der Waals surface area contributed by atoms with Gasteiger partial charge in [-0.05, 0) is 56.3 Å². The van der Waals surface area contributed by atoms with Crippen molar-refractivity contribution in [3.63, 3.8) is 0 Å². The van der Waals surface area contributed by atoms with Crippen LogP contribution in [0.4, 0.5) is 0 Å². The van der Waals surface area contributed by atoms with Crippen LogP contribution in [0.5, 0.6) is 0 Å². The molecule has 6 amide bonds. The molecule has 0 aromatic carbocycles. The highest BCUT2D eigenvalue weighted by molar-refractivity contribution is 7.09. The first-order chi connectivity index (χ1) is 27.0. The molecule has 1 saturated heterocycles. The van der Waals surface area contributed by atoms with Gasteiger partial charge in [-0.2, -0.15) is 0 Å². The molecule has 2 heterocycles. The third-order valence-electron chi connectivity index (χ3n) is 11.8. The van der Waals surface area contributed by atoms with E-state index in [1.165, 1.54) is 35.8 Å². The van der Waals surface area contributed by atoms with Crippen LogP contribution in [0.15, 0.2) is 11.6 Å². The van der Waals surface area contributed by atoms with Gasteiger partial charge in [0, 0.05) is 65.7 Å². The van der Waals surface area contributed by atoms with Gasteiger partial charge in [0.1, 0.15) is 35.2 Å². The van der Waals surface area contributed by atoms with E-state index in [0.717, 1.165) is 30.7 Å². The van der Waals surface area contributed by atoms with Gasteiger partial charge in [0.25, 0.3) is 0 Å². The van der Waals surface area contributed by atoms with Crippen LogP contribution in [-0.2, 0) is 28.8 Å². The van der Waals surface area contributed by atoms with E-state index in [1.54, 1.807) is 48.4 Å². The number of terminal acetylenes is 1. The maximum Gasteiger partial charge on any atom is 0.246 e. The Morgan fingerprint density at radius 2 is 1.14 bits per heavy atom. The van der Waals surface area contributed by atoms with E-state index in [-0.39, 0.29) is 53.4 Å². The van der Waals surface area contributed by atoms with Gasteiger partial charge in [-0.3, -0.25) is 28.8 Å². The Labute approximate surface area is 353 Å². The molecule has 0 aliphatic carbocycles. The summed E-state index contributed by atoms with van der Waals surface area (Å²) in [6.45, 7) is 19.0. The summed E-state index contributed by atoms with van der Waals surface area (Å²) in [7, 11) is 7.95. The van der Waals surface area contributed by atoms with Gasteiger partial charge in [0.2, 0.25) is 35.4 Å². The highest BCUT2D eigenvalue weighted by Gasteiger charge is 2.45. The van der Waals surface area contributed by atoms with Crippen LogP contribution in [0, 0.1) is 41.9 Å². The number of thiazole rings is 1. The summed E-state index contributed by atoms with van der Waals surface area (Å²) < 4.78 is 0. The smallest absolute Gasteiger partial charge is 0.246 e. The summed E-state index contributed by atoms with van der Waals surface area (Å²) in [6, 6.07) is -4.57. The molecule has 1 aromatic heterocycles. The fourth-order valence-electron chi connectivity index (χ4n) is 8.42. The Hall–Kier alpha value is -3.99. The average Bonchev–Trinajstić information content (AvgIpc) is 3.87. The molecular weight excluding hydrogens is 755 g/mol. The molecule has 58 heavy (non-hydrogen) atoms. The minimum absolute atomic E-state index is 0.138. The Morgan fingerprint density at radius 1 is 0.690 bits per heavy atom. The number of hydrogen-bond donors (Lipinski definition) is 0. The molecule has 0 spiro atoms. The van der Waals surface area contributed by atoms with Crippen molar-refractivity contribution >= 4 is 46.8 Å². The fraction of sp³-hybridized carbons (Fsp3) is 0.750. The highest BCUT2D eigenvalue weighted by atomic mass is 32.1. The number of hydrogen-bond acceptors (Lipinski definition) is 8. The Kier molecular flexibility index (Phi) is 19.4. The van der Waals surface area contributed by atoms with Crippen molar-refractivity contribution in [2.24, 2.45) is 29.6 Å². The van der Waals surface area contributed by atoms with E-state index in [1.807, 2.05) is 72.6 Å². The molecule has 7 atom stereocenters. The largest absolute Gasteiger partial charge is 0.334 e. The molecule has 0 saturated carbocycles. The number of rotatable bonds is 20. The highest BCUT2D eigenvalue weighted by Crippen LogP contribution is 2.35. The molecule has 0 unspecified atom stereocenters. The molecule has 1 aliphatic heterocycles. The zero-order valence-electron chi connectivity index (χ0n) is 38.0. The first-order valence-electron chi connectivity index (χ1n) is 21.0. The van der Waals surface area contributed by atoms with E-state index in [4.69, 9.17) is 6.42 Å². The first-order valence-corrected chi connectivity index (χ1v) is 21.9. The zero-order valence-corrected chi connectivity index (χ0v) is 38.8. The molecule has 14 heteroatoms. The minimum atomic E-state index is -0.968. The average molecular weight is 828 g/mol. The van der Waals surface area contributed by atoms with E-state index in [0.29, 0.717) is 19.4 Å². The Morgan fingerprint density at radius 3 is 1.55 bits per heavy atom. The number of amides is 6. The predicted molar refractivity (Wildman–Crippen MR) is 230 cm³/mol. The van der Waals surface area contributed by atoms with Gasteiger partial charge in [-0.15, -0.1) is 23.7 Å². The van der Waals surface area contributed by atoms with Gasteiger partial charge in [0.05, 0.1) is 6.04 Å². The third-order valence-corrected chi connectivity index (χ3v) is 12.7. The quantitative estimate of drug-likeness (QED) is 0.127. The SMILES string of the molecule is C#CCCCC[C@@H](C)C(=O)N(C)[C@@H](C)C(=O)N(C)[C@H](C(=O)N(C)[C@H](C(=O)N(C)[C@H](C(=O)N(C)[C@H](C(=O)N1CCC[C@H]1c1nccs1)C(C)C)C(C)C)C(C)C)C(C)C. The van der Waals surface area contributed by atoms with Crippen molar-refractivity contribution < 1.29 is 28.8 Å². The number of likely N-dealkylation sites (N-methyl/N-ethyl adjacent to an activating group) is 5. The van der Waals surface area contributed by atoms with Crippen molar-refractivity contribution in [1.29, 1.82) is 0 Å². The lowest BCUT2D eigenvalue weighted by molar-refractivity contribution is -0.159. The summed E-state index contributed by atoms with van der Waals surface area (Å²) in [6.07, 6.45) is 11.7. The summed E-state index contributed by atoms with van der Waals surface area (Å²) in [5.74, 6) is -0.801. The number of likely N-dealkylation sites (tertiary alicyclic amines) is 1. The standard InChI is InChI=1S/C44H73N7O6S/c1-17-18-19-20-22-31(10)39(52)46(12)32(11)40(53)47(13)34(27(2)3)41(54)48(14)35(28(4)5)42(55)49(15)36(29(6)7)43(56)50(16)37(30(8)9)44(57)51-25-21-23-33(51)38-45-24-26-58-38/h1,24,26-37H,18-23,25H2,2-16H3/t31-,32+,33+,34+,35+,36+,37+/m1/s1. The Bertz CT molecular complexity index is 1590. The van der Waals surface area contributed by atoms with Crippen molar-refractivity contribution in [3.05, 3.63) is 16.6 Å². The molecule has 2 rings (SSSR count). The van der Waals surface area contributed by atoms with E-state index >= 15 is 0 Å². The monoisotopic (exact) mass is 828 g/mol. The number of nitrogens with zero attached hydrogens (tertiary/aromatic N) is 7. The molecule has 1 fully saturated rings. The van der Waals surface area contributed by atoms with Crippen LogP contribution >= 0.6 is 11.3 Å². The minimum Gasteiger partial charge on any atom is -0.334 e.